The summed E-state index contributed by atoms with van der Waals surface area (Å²) in [6.07, 6.45) is 1.38. The summed E-state index contributed by atoms with van der Waals surface area (Å²) in [6.45, 7) is 8.67. The molecule has 0 radical (unpaired) electrons. The van der Waals surface area contributed by atoms with E-state index in [0.29, 0.717) is 18.9 Å². The number of amides is 1. The van der Waals surface area contributed by atoms with Crippen molar-refractivity contribution < 1.29 is 4.79 Å². The maximum absolute atomic E-state index is 11.8. The van der Waals surface area contributed by atoms with Crippen molar-refractivity contribution in [2.24, 2.45) is 11.7 Å². The number of nitrogens with one attached hydrogen (secondary N) is 1. The lowest BCUT2D eigenvalue weighted by Gasteiger charge is -2.14. The van der Waals surface area contributed by atoms with Crippen LogP contribution in [0.2, 0.25) is 0 Å². The Morgan fingerprint density at radius 2 is 2.11 bits per heavy atom. The fraction of sp³-hybridized carbons (Fsp3) is 0.692. The van der Waals surface area contributed by atoms with Gasteiger partial charge < -0.3 is 11.1 Å². The molecule has 1 aromatic heterocycles. The number of aromatic nitrogens is 1. The molecule has 0 saturated carbocycles. The molecule has 3 N–H and O–H groups in total. The molecule has 0 bridgehead atoms. The molecule has 102 valence electrons. The molecule has 1 aromatic rings. The Balaban J connectivity index is 2.47. The fourth-order valence-electron chi connectivity index (χ4n) is 1.82. The first-order valence-corrected chi connectivity index (χ1v) is 7.19. The summed E-state index contributed by atoms with van der Waals surface area (Å²) in [5.74, 6) is 0.492. The van der Waals surface area contributed by atoms with E-state index in [9.17, 15) is 4.79 Å². The predicted molar refractivity (Wildman–Crippen MR) is 75.6 cm³/mol. The first kappa shape index (κ1) is 15.1. The van der Waals surface area contributed by atoms with Crippen LogP contribution in [0, 0.1) is 19.8 Å². The van der Waals surface area contributed by atoms with Crippen molar-refractivity contribution in [3.05, 3.63) is 15.6 Å². The van der Waals surface area contributed by atoms with Gasteiger partial charge in [0.1, 0.15) is 0 Å². The lowest BCUT2D eigenvalue weighted by Crippen LogP contribution is -2.27. The van der Waals surface area contributed by atoms with Gasteiger partial charge in [-0.15, -0.1) is 11.3 Å². The van der Waals surface area contributed by atoms with Crippen LogP contribution in [-0.4, -0.2) is 17.4 Å². The van der Waals surface area contributed by atoms with Gasteiger partial charge in [0, 0.05) is 11.3 Å². The topological polar surface area (TPSA) is 68.0 Å². The van der Waals surface area contributed by atoms with E-state index in [0.717, 1.165) is 22.0 Å². The van der Waals surface area contributed by atoms with Gasteiger partial charge in [-0.3, -0.25) is 4.79 Å². The van der Waals surface area contributed by atoms with E-state index in [-0.39, 0.29) is 11.9 Å². The van der Waals surface area contributed by atoms with Gasteiger partial charge in [-0.05, 0) is 39.7 Å². The minimum atomic E-state index is 0.0388. The molecule has 2 atom stereocenters. The zero-order valence-corrected chi connectivity index (χ0v) is 12.4. The second-order valence-electron chi connectivity index (χ2n) is 4.85. The van der Waals surface area contributed by atoms with Crippen LogP contribution in [0.5, 0.6) is 0 Å². The summed E-state index contributed by atoms with van der Waals surface area (Å²) in [7, 11) is 0. The van der Waals surface area contributed by atoms with Gasteiger partial charge in [0.2, 0.25) is 5.91 Å². The SMILES string of the molecule is Cc1nc(C)c(C(C)NC(=O)CCC(C)CN)s1. The van der Waals surface area contributed by atoms with Gasteiger partial charge in [-0.1, -0.05) is 6.92 Å². The number of thiazole rings is 1. The minimum absolute atomic E-state index is 0.0388. The van der Waals surface area contributed by atoms with E-state index in [1.54, 1.807) is 11.3 Å². The normalized spacial score (nSPS) is 14.3. The monoisotopic (exact) mass is 269 g/mol. The number of carbonyl (C=O) groups is 1. The van der Waals surface area contributed by atoms with Gasteiger partial charge in [0.05, 0.1) is 16.7 Å². The molecule has 0 aliphatic rings. The Kier molecular flexibility index (Phi) is 5.75. The van der Waals surface area contributed by atoms with E-state index in [1.165, 1.54) is 0 Å². The van der Waals surface area contributed by atoms with Crippen LogP contribution in [0.1, 0.15) is 48.3 Å². The van der Waals surface area contributed by atoms with E-state index in [1.807, 2.05) is 20.8 Å². The molecule has 0 aliphatic heterocycles. The number of aryl methyl sites for hydroxylation is 2. The summed E-state index contributed by atoms with van der Waals surface area (Å²) in [5.41, 5.74) is 6.55. The molecule has 5 heteroatoms. The van der Waals surface area contributed by atoms with E-state index < -0.39 is 0 Å². The summed E-state index contributed by atoms with van der Waals surface area (Å²) in [6, 6.07) is 0.0388. The van der Waals surface area contributed by atoms with Crippen LogP contribution in [0.4, 0.5) is 0 Å². The highest BCUT2D eigenvalue weighted by Crippen LogP contribution is 2.24. The van der Waals surface area contributed by atoms with E-state index in [4.69, 9.17) is 5.73 Å². The molecule has 4 nitrogen and oxygen atoms in total. The molecular weight excluding hydrogens is 246 g/mol. The largest absolute Gasteiger partial charge is 0.349 e. The predicted octanol–water partition coefficient (Wildman–Crippen LogP) is 2.31. The maximum Gasteiger partial charge on any atom is 0.220 e. The van der Waals surface area contributed by atoms with Crippen molar-refractivity contribution in [1.29, 1.82) is 0 Å². The Morgan fingerprint density at radius 3 is 2.61 bits per heavy atom. The number of hydrogen-bond donors (Lipinski definition) is 2. The smallest absolute Gasteiger partial charge is 0.220 e. The molecule has 1 heterocycles. The molecule has 0 aliphatic carbocycles. The van der Waals surface area contributed by atoms with Gasteiger partial charge >= 0.3 is 0 Å². The molecule has 1 amide bonds. The van der Waals surface area contributed by atoms with Crippen LogP contribution >= 0.6 is 11.3 Å². The summed E-state index contributed by atoms with van der Waals surface area (Å²) >= 11 is 1.65. The van der Waals surface area contributed by atoms with Crippen molar-refractivity contribution in [2.75, 3.05) is 6.54 Å². The summed E-state index contributed by atoms with van der Waals surface area (Å²) in [5, 5.41) is 4.06. The third-order valence-electron chi connectivity index (χ3n) is 2.98. The van der Waals surface area contributed by atoms with Gasteiger partial charge in [-0.2, -0.15) is 0 Å². The molecule has 0 spiro atoms. The molecular formula is C13H23N3OS. The van der Waals surface area contributed by atoms with E-state index in [2.05, 4.69) is 17.2 Å². The lowest BCUT2D eigenvalue weighted by molar-refractivity contribution is -0.122. The van der Waals surface area contributed by atoms with Gasteiger partial charge in [-0.25, -0.2) is 4.98 Å². The molecule has 0 aromatic carbocycles. The van der Waals surface area contributed by atoms with Gasteiger partial charge in [0.25, 0.3) is 0 Å². The highest BCUT2D eigenvalue weighted by atomic mass is 32.1. The standard InChI is InChI=1S/C13H23N3OS/c1-8(7-14)5-6-12(17)16-10(3)13-9(2)15-11(4)18-13/h8,10H,5-7,14H2,1-4H3,(H,16,17). The second-order valence-corrected chi connectivity index (χ2v) is 6.09. The highest BCUT2D eigenvalue weighted by Gasteiger charge is 2.15. The van der Waals surface area contributed by atoms with Crippen LogP contribution < -0.4 is 11.1 Å². The third-order valence-corrected chi connectivity index (χ3v) is 4.23. The lowest BCUT2D eigenvalue weighted by atomic mass is 10.1. The van der Waals surface area contributed by atoms with Crippen LogP contribution in [0.3, 0.4) is 0 Å². The first-order chi connectivity index (χ1) is 8.43. The van der Waals surface area contributed by atoms with E-state index >= 15 is 0 Å². The molecule has 0 fully saturated rings. The van der Waals surface area contributed by atoms with Gasteiger partial charge in [0.15, 0.2) is 0 Å². The number of hydrogen-bond acceptors (Lipinski definition) is 4. The fourth-order valence-corrected chi connectivity index (χ4v) is 2.75. The Bertz CT molecular complexity index is 403. The molecule has 0 saturated heterocycles. The Morgan fingerprint density at radius 1 is 1.44 bits per heavy atom. The second kappa shape index (κ2) is 6.85. The zero-order chi connectivity index (χ0) is 13.7. The highest BCUT2D eigenvalue weighted by molar-refractivity contribution is 7.11. The minimum Gasteiger partial charge on any atom is -0.349 e. The van der Waals surface area contributed by atoms with Crippen LogP contribution in [-0.2, 0) is 4.79 Å². The molecule has 18 heavy (non-hydrogen) atoms. The average molecular weight is 269 g/mol. The number of carbonyl (C=O) groups excluding carboxylic acids is 1. The zero-order valence-electron chi connectivity index (χ0n) is 11.6. The van der Waals surface area contributed by atoms with Crippen molar-refractivity contribution in [1.82, 2.24) is 10.3 Å². The van der Waals surface area contributed by atoms with Crippen molar-refractivity contribution >= 4 is 17.2 Å². The maximum atomic E-state index is 11.8. The van der Waals surface area contributed by atoms with Crippen LogP contribution in [0.25, 0.3) is 0 Å². The average Bonchev–Trinajstić information content (AvgIpc) is 2.65. The number of nitrogens with zero attached hydrogens (tertiary/aromatic N) is 1. The third kappa shape index (κ3) is 4.38. The Hall–Kier alpha value is -0.940. The molecule has 1 rings (SSSR count). The number of nitrogens with two attached hydrogens (primary N) is 1. The van der Waals surface area contributed by atoms with Crippen molar-refractivity contribution in [2.45, 2.75) is 46.6 Å². The Labute approximate surface area is 113 Å². The number of rotatable bonds is 6. The molecule has 2 unspecified atom stereocenters. The van der Waals surface area contributed by atoms with Crippen molar-refractivity contribution in [3.8, 4) is 0 Å². The van der Waals surface area contributed by atoms with Crippen LogP contribution in [0.15, 0.2) is 0 Å². The summed E-state index contributed by atoms with van der Waals surface area (Å²) in [4.78, 5) is 17.3. The summed E-state index contributed by atoms with van der Waals surface area (Å²) < 4.78 is 0. The first-order valence-electron chi connectivity index (χ1n) is 6.37. The van der Waals surface area contributed by atoms with Crippen molar-refractivity contribution in [3.63, 3.8) is 0 Å². The quantitative estimate of drug-likeness (QED) is 0.832.